The fraction of sp³-hybridized carbons (Fsp3) is 0.909. The van der Waals surface area contributed by atoms with Gasteiger partial charge in [-0.25, -0.2) is 0 Å². The maximum absolute atomic E-state index is 12.5. The minimum absolute atomic E-state index is 0.177. The Morgan fingerprint density at radius 2 is 1.95 bits per heavy atom. The first-order valence-electron chi connectivity index (χ1n) is 6.33. The van der Waals surface area contributed by atoms with Gasteiger partial charge in [0.15, 0.2) is 0 Å². The molecule has 0 aromatic heterocycles. The van der Waals surface area contributed by atoms with E-state index in [0.717, 1.165) is 19.6 Å². The third-order valence-corrected chi connectivity index (χ3v) is 5.98. The van der Waals surface area contributed by atoms with Crippen molar-refractivity contribution in [2.24, 2.45) is 0 Å². The molecule has 2 fully saturated rings. The van der Waals surface area contributed by atoms with E-state index in [0.29, 0.717) is 6.61 Å². The highest BCUT2D eigenvalue weighted by atomic mass is 28.4. The van der Waals surface area contributed by atoms with E-state index in [1.807, 2.05) is 0 Å². The maximum atomic E-state index is 12.5. The van der Waals surface area contributed by atoms with Crippen molar-refractivity contribution in [3.63, 3.8) is 0 Å². The number of hydrogen-bond acceptors (Lipinski definition) is 7. The molecule has 8 heteroatoms. The third-order valence-electron chi connectivity index (χ3n) is 3.45. The molecular formula is C11H21NO6Si. The van der Waals surface area contributed by atoms with Crippen molar-refractivity contribution in [3.05, 3.63) is 0 Å². The normalized spacial score (nSPS) is 30.6. The Morgan fingerprint density at radius 3 is 2.47 bits per heavy atom. The van der Waals surface area contributed by atoms with Crippen LogP contribution >= 0.6 is 0 Å². The third kappa shape index (κ3) is 3.22. The first kappa shape index (κ1) is 15.0. The quantitative estimate of drug-likeness (QED) is 0.459. The number of carbonyl (C=O) groups is 1. The van der Waals surface area contributed by atoms with Gasteiger partial charge in [-0.15, -0.1) is 0 Å². The summed E-state index contributed by atoms with van der Waals surface area (Å²) >= 11 is 0. The van der Waals surface area contributed by atoms with Gasteiger partial charge in [0.05, 0.1) is 25.4 Å². The molecule has 0 radical (unpaired) electrons. The summed E-state index contributed by atoms with van der Waals surface area (Å²) in [5.74, 6) is 0. The number of epoxide rings is 1. The minimum Gasteiger partial charge on any atom is -0.373 e. The topological polar surface area (TPSA) is 78.6 Å². The molecule has 0 bridgehead atoms. The Balaban J connectivity index is 1.98. The second kappa shape index (κ2) is 6.40. The Kier molecular flexibility index (Phi) is 5.07. The molecule has 2 aliphatic rings. The number of ether oxygens (including phenoxy) is 2. The molecule has 19 heavy (non-hydrogen) atoms. The molecule has 2 saturated heterocycles. The van der Waals surface area contributed by atoms with Gasteiger partial charge in [-0.2, -0.15) is 0 Å². The van der Waals surface area contributed by atoms with Gasteiger partial charge in [-0.1, -0.05) is 0 Å². The van der Waals surface area contributed by atoms with E-state index in [-0.39, 0.29) is 17.6 Å². The van der Waals surface area contributed by atoms with Crippen LogP contribution in [0, 0.1) is 0 Å². The zero-order chi connectivity index (χ0) is 13.9. The van der Waals surface area contributed by atoms with E-state index in [9.17, 15) is 4.79 Å². The van der Waals surface area contributed by atoms with Crippen LogP contribution < -0.4 is 5.32 Å². The van der Waals surface area contributed by atoms with Crippen LogP contribution in [0.25, 0.3) is 0 Å². The number of nitrogens with one attached hydrogen (secondary N) is 1. The zero-order valence-corrected chi connectivity index (χ0v) is 12.5. The lowest BCUT2D eigenvalue weighted by molar-refractivity contribution is -0.123. The van der Waals surface area contributed by atoms with Crippen LogP contribution in [0.2, 0.25) is 0 Å². The van der Waals surface area contributed by atoms with Gasteiger partial charge in [0.2, 0.25) is 5.41 Å². The fourth-order valence-electron chi connectivity index (χ4n) is 2.26. The summed E-state index contributed by atoms with van der Waals surface area (Å²) in [6, 6.07) is -0.440. The summed E-state index contributed by atoms with van der Waals surface area (Å²) in [5.41, 5.74) is 0. The van der Waals surface area contributed by atoms with Gasteiger partial charge in [-0.05, 0) is 13.0 Å². The lowest BCUT2D eigenvalue weighted by Crippen LogP contribution is -2.60. The molecule has 2 rings (SSSR count). The Morgan fingerprint density at radius 1 is 1.32 bits per heavy atom. The largest absolute Gasteiger partial charge is 0.575 e. The van der Waals surface area contributed by atoms with Crippen molar-refractivity contribution in [2.75, 3.05) is 41.1 Å². The molecule has 2 aliphatic heterocycles. The fourth-order valence-corrected chi connectivity index (χ4v) is 4.03. The van der Waals surface area contributed by atoms with Crippen molar-refractivity contribution in [2.45, 2.75) is 24.7 Å². The van der Waals surface area contributed by atoms with Gasteiger partial charge in [0.25, 0.3) is 0 Å². The monoisotopic (exact) mass is 291 g/mol. The van der Waals surface area contributed by atoms with Crippen LogP contribution in [0.4, 0.5) is 0 Å². The van der Waals surface area contributed by atoms with Crippen LogP contribution in [-0.2, 0) is 27.5 Å². The molecule has 0 saturated carbocycles. The van der Waals surface area contributed by atoms with E-state index in [1.165, 1.54) is 21.3 Å². The Hall–Kier alpha value is -0.353. The summed E-state index contributed by atoms with van der Waals surface area (Å²) in [6.07, 6.45) is 0.791. The number of carbonyl (C=O) groups excluding carboxylic acids is 1. The average Bonchev–Trinajstić information content (AvgIpc) is 3.15. The van der Waals surface area contributed by atoms with E-state index in [2.05, 4.69) is 5.32 Å². The summed E-state index contributed by atoms with van der Waals surface area (Å²) in [5, 5.41) is 2.96. The van der Waals surface area contributed by atoms with Crippen LogP contribution in [0.5, 0.6) is 0 Å². The van der Waals surface area contributed by atoms with Crippen molar-refractivity contribution < 1.29 is 27.5 Å². The number of rotatable bonds is 8. The summed E-state index contributed by atoms with van der Waals surface area (Å²) in [6.45, 7) is 2.00. The molecule has 0 aromatic rings. The lowest BCUT2D eigenvalue weighted by atomic mass is 10.2. The highest BCUT2D eigenvalue weighted by Crippen LogP contribution is 2.20. The molecule has 3 atom stereocenters. The van der Waals surface area contributed by atoms with E-state index in [1.54, 1.807) is 0 Å². The maximum Gasteiger partial charge on any atom is 0.575 e. The molecular weight excluding hydrogens is 270 g/mol. The molecule has 110 valence electrons. The van der Waals surface area contributed by atoms with Gasteiger partial charge in [0.1, 0.15) is 6.10 Å². The minimum atomic E-state index is -3.28. The SMILES string of the molecule is CO[Si](OC)(OC)C(=O)[C@H]1NCCC1OCC1CO1. The molecule has 2 heterocycles. The van der Waals surface area contributed by atoms with Gasteiger partial charge in [-0.3, -0.25) is 4.79 Å². The van der Waals surface area contributed by atoms with Crippen LogP contribution in [0.3, 0.4) is 0 Å². The lowest BCUT2D eigenvalue weighted by Gasteiger charge is -2.27. The summed E-state index contributed by atoms with van der Waals surface area (Å²) in [4.78, 5) is 12.5. The summed E-state index contributed by atoms with van der Waals surface area (Å²) in [7, 11) is 1.01. The molecule has 0 aliphatic carbocycles. The predicted molar refractivity (Wildman–Crippen MR) is 67.7 cm³/mol. The highest BCUT2D eigenvalue weighted by Gasteiger charge is 2.54. The molecule has 0 spiro atoms. The Bertz CT molecular complexity index is 312. The second-order valence-corrected chi connectivity index (χ2v) is 7.41. The molecule has 0 aromatic carbocycles. The number of hydrogen-bond donors (Lipinski definition) is 1. The van der Waals surface area contributed by atoms with E-state index < -0.39 is 14.8 Å². The predicted octanol–water partition coefficient (Wildman–Crippen LogP) is -0.881. The van der Waals surface area contributed by atoms with Gasteiger partial charge < -0.3 is 28.1 Å². The smallest absolute Gasteiger partial charge is 0.373 e. The van der Waals surface area contributed by atoms with Crippen LogP contribution in [0.15, 0.2) is 0 Å². The Labute approximate surface area is 113 Å². The van der Waals surface area contributed by atoms with Crippen LogP contribution in [-0.4, -0.2) is 73.5 Å². The van der Waals surface area contributed by atoms with E-state index >= 15 is 0 Å². The highest BCUT2D eigenvalue weighted by molar-refractivity contribution is 6.93. The molecule has 1 N–H and O–H groups in total. The van der Waals surface area contributed by atoms with Crippen molar-refractivity contribution in [3.8, 4) is 0 Å². The second-order valence-electron chi connectivity index (χ2n) is 4.58. The van der Waals surface area contributed by atoms with Gasteiger partial charge in [0, 0.05) is 21.3 Å². The average molecular weight is 291 g/mol. The van der Waals surface area contributed by atoms with Crippen molar-refractivity contribution >= 4 is 14.2 Å². The van der Waals surface area contributed by atoms with Crippen molar-refractivity contribution in [1.82, 2.24) is 5.32 Å². The zero-order valence-electron chi connectivity index (χ0n) is 11.5. The molecule has 0 amide bonds. The van der Waals surface area contributed by atoms with Crippen molar-refractivity contribution in [1.29, 1.82) is 0 Å². The first-order chi connectivity index (χ1) is 9.16. The van der Waals surface area contributed by atoms with E-state index in [4.69, 9.17) is 22.8 Å². The van der Waals surface area contributed by atoms with Crippen LogP contribution in [0.1, 0.15) is 6.42 Å². The standard InChI is InChI=1S/C11H21NO6Si/c1-14-19(15-2,16-3)11(13)10-9(4-5-12-10)18-7-8-6-17-8/h8-10,12H,4-7H2,1-3H3/t8?,9?,10-/m0/s1. The molecule has 2 unspecified atom stereocenters. The first-order valence-corrected chi connectivity index (χ1v) is 8.05. The van der Waals surface area contributed by atoms with Gasteiger partial charge >= 0.3 is 8.80 Å². The molecule has 7 nitrogen and oxygen atoms in total. The summed E-state index contributed by atoms with van der Waals surface area (Å²) < 4.78 is 26.5.